The first-order chi connectivity index (χ1) is 8.79. The molecule has 100 valence electrons. The highest BCUT2D eigenvalue weighted by Gasteiger charge is 2.18. The average Bonchev–Trinajstić information content (AvgIpc) is 2.40. The van der Waals surface area contributed by atoms with Crippen LogP contribution in [-0.4, -0.2) is 44.4 Å². The molecule has 0 bridgehead atoms. The van der Waals surface area contributed by atoms with Crippen molar-refractivity contribution in [1.82, 2.24) is 10.3 Å². The van der Waals surface area contributed by atoms with Crippen LogP contribution in [0.15, 0.2) is 18.3 Å². The Labute approximate surface area is 109 Å². The number of piperidine rings is 1. The number of nitrogens with zero attached hydrogens (tertiary/aromatic N) is 2. The second kappa shape index (κ2) is 6.71. The van der Waals surface area contributed by atoms with Gasteiger partial charge in [-0.3, -0.25) is 4.98 Å². The quantitative estimate of drug-likeness (QED) is 0.804. The van der Waals surface area contributed by atoms with Gasteiger partial charge in [-0.25, -0.2) is 0 Å². The lowest BCUT2D eigenvalue weighted by molar-refractivity contribution is 0.193. The summed E-state index contributed by atoms with van der Waals surface area (Å²) in [6.07, 6.45) is 4.30. The maximum atomic E-state index is 5.06. The van der Waals surface area contributed by atoms with Crippen LogP contribution >= 0.6 is 0 Å². The fourth-order valence-corrected chi connectivity index (χ4v) is 2.43. The second-order valence-corrected chi connectivity index (χ2v) is 4.86. The molecule has 0 aliphatic carbocycles. The molecule has 18 heavy (non-hydrogen) atoms. The first-order valence-corrected chi connectivity index (χ1v) is 6.69. The molecule has 1 saturated heterocycles. The van der Waals surface area contributed by atoms with E-state index in [4.69, 9.17) is 4.74 Å². The number of aryl methyl sites for hydroxylation is 1. The van der Waals surface area contributed by atoms with Gasteiger partial charge in [0.25, 0.3) is 0 Å². The number of pyridine rings is 1. The summed E-state index contributed by atoms with van der Waals surface area (Å²) >= 11 is 0. The molecule has 0 atom stereocenters. The maximum Gasteiger partial charge on any atom is 0.0587 e. The lowest BCUT2D eigenvalue weighted by atomic mass is 10.0. The SMILES string of the molecule is COCCNC1CCN(c2ccnc(C)c2)CC1. The van der Waals surface area contributed by atoms with E-state index in [2.05, 4.69) is 27.3 Å². The van der Waals surface area contributed by atoms with Gasteiger partial charge in [-0.2, -0.15) is 0 Å². The minimum Gasteiger partial charge on any atom is -0.383 e. The van der Waals surface area contributed by atoms with E-state index in [1.165, 1.54) is 18.5 Å². The van der Waals surface area contributed by atoms with Gasteiger partial charge in [0.1, 0.15) is 0 Å². The lowest BCUT2D eigenvalue weighted by Crippen LogP contribution is -2.43. The van der Waals surface area contributed by atoms with Gasteiger partial charge in [0.05, 0.1) is 6.61 Å². The third-order valence-corrected chi connectivity index (χ3v) is 3.48. The zero-order valence-electron chi connectivity index (χ0n) is 11.4. The molecule has 2 heterocycles. The van der Waals surface area contributed by atoms with Crippen molar-refractivity contribution in [3.63, 3.8) is 0 Å². The summed E-state index contributed by atoms with van der Waals surface area (Å²) in [5.41, 5.74) is 2.39. The number of nitrogens with one attached hydrogen (secondary N) is 1. The third-order valence-electron chi connectivity index (χ3n) is 3.48. The Hall–Kier alpha value is -1.13. The van der Waals surface area contributed by atoms with Crippen LogP contribution in [-0.2, 0) is 4.74 Å². The Morgan fingerprint density at radius 2 is 2.22 bits per heavy atom. The molecule has 0 radical (unpaired) electrons. The van der Waals surface area contributed by atoms with Crippen LogP contribution in [0.1, 0.15) is 18.5 Å². The van der Waals surface area contributed by atoms with E-state index in [1.807, 2.05) is 13.1 Å². The van der Waals surface area contributed by atoms with Gasteiger partial charge in [-0.05, 0) is 31.9 Å². The molecule has 0 aromatic carbocycles. The first kappa shape index (κ1) is 13.3. The molecule has 2 rings (SSSR count). The second-order valence-electron chi connectivity index (χ2n) is 4.86. The molecule has 4 nitrogen and oxygen atoms in total. The van der Waals surface area contributed by atoms with E-state index >= 15 is 0 Å². The Morgan fingerprint density at radius 3 is 2.89 bits per heavy atom. The predicted octanol–water partition coefficient (Wildman–Crippen LogP) is 1.59. The highest BCUT2D eigenvalue weighted by molar-refractivity contribution is 5.46. The summed E-state index contributed by atoms with van der Waals surface area (Å²) in [5.74, 6) is 0. The van der Waals surface area contributed by atoms with Crippen molar-refractivity contribution in [2.24, 2.45) is 0 Å². The molecule has 0 saturated carbocycles. The van der Waals surface area contributed by atoms with Crippen LogP contribution in [0, 0.1) is 6.92 Å². The zero-order valence-corrected chi connectivity index (χ0v) is 11.4. The topological polar surface area (TPSA) is 37.4 Å². The van der Waals surface area contributed by atoms with Gasteiger partial charge in [0.15, 0.2) is 0 Å². The number of anilines is 1. The average molecular weight is 249 g/mol. The van der Waals surface area contributed by atoms with Gasteiger partial charge in [0, 0.05) is 50.4 Å². The predicted molar refractivity (Wildman–Crippen MR) is 74.1 cm³/mol. The summed E-state index contributed by atoms with van der Waals surface area (Å²) in [7, 11) is 1.75. The van der Waals surface area contributed by atoms with Gasteiger partial charge < -0.3 is 15.0 Å². The summed E-state index contributed by atoms with van der Waals surface area (Å²) in [6.45, 7) is 6.03. The third kappa shape index (κ3) is 3.68. The molecule has 1 aromatic rings. The van der Waals surface area contributed by atoms with Crippen molar-refractivity contribution in [2.75, 3.05) is 38.3 Å². The van der Waals surface area contributed by atoms with Crippen molar-refractivity contribution in [3.05, 3.63) is 24.0 Å². The first-order valence-electron chi connectivity index (χ1n) is 6.69. The van der Waals surface area contributed by atoms with Crippen molar-refractivity contribution >= 4 is 5.69 Å². The summed E-state index contributed by atoms with van der Waals surface area (Å²) in [6, 6.07) is 4.91. The van der Waals surface area contributed by atoms with E-state index in [1.54, 1.807) is 7.11 Å². The molecule has 0 spiro atoms. The van der Waals surface area contributed by atoms with E-state index in [9.17, 15) is 0 Å². The molecule has 4 heteroatoms. The van der Waals surface area contributed by atoms with Crippen molar-refractivity contribution in [2.45, 2.75) is 25.8 Å². The van der Waals surface area contributed by atoms with Crippen LogP contribution in [0.5, 0.6) is 0 Å². The Morgan fingerprint density at radius 1 is 1.44 bits per heavy atom. The Bertz CT molecular complexity index is 362. The van der Waals surface area contributed by atoms with E-state index in [-0.39, 0.29) is 0 Å². The molecule has 0 amide bonds. The maximum absolute atomic E-state index is 5.06. The minimum atomic E-state index is 0.638. The van der Waals surface area contributed by atoms with E-state index in [0.717, 1.165) is 31.9 Å². The van der Waals surface area contributed by atoms with Crippen molar-refractivity contribution < 1.29 is 4.74 Å². The highest BCUT2D eigenvalue weighted by Crippen LogP contribution is 2.19. The van der Waals surface area contributed by atoms with E-state index in [0.29, 0.717) is 6.04 Å². The minimum absolute atomic E-state index is 0.638. The molecular weight excluding hydrogens is 226 g/mol. The Kier molecular flexibility index (Phi) is 4.96. The number of hydrogen-bond donors (Lipinski definition) is 1. The summed E-state index contributed by atoms with van der Waals surface area (Å²) in [4.78, 5) is 6.69. The van der Waals surface area contributed by atoms with Crippen molar-refractivity contribution in [1.29, 1.82) is 0 Å². The molecule has 1 aliphatic heterocycles. The van der Waals surface area contributed by atoms with Crippen LogP contribution in [0.4, 0.5) is 5.69 Å². The van der Waals surface area contributed by atoms with Gasteiger partial charge >= 0.3 is 0 Å². The number of methoxy groups -OCH3 is 1. The molecule has 0 unspecified atom stereocenters. The van der Waals surface area contributed by atoms with Crippen LogP contribution in [0.2, 0.25) is 0 Å². The number of aromatic nitrogens is 1. The normalized spacial score (nSPS) is 17.1. The number of hydrogen-bond acceptors (Lipinski definition) is 4. The molecule has 1 fully saturated rings. The van der Waals surface area contributed by atoms with Gasteiger partial charge in [-0.15, -0.1) is 0 Å². The lowest BCUT2D eigenvalue weighted by Gasteiger charge is -2.34. The Balaban J connectivity index is 1.79. The van der Waals surface area contributed by atoms with Crippen LogP contribution in [0.25, 0.3) is 0 Å². The fraction of sp³-hybridized carbons (Fsp3) is 0.643. The standard InChI is InChI=1S/C14H23N3O/c1-12-11-14(3-6-15-12)17-8-4-13(5-9-17)16-7-10-18-2/h3,6,11,13,16H,4-5,7-10H2,1-2H3. The molecular formula is C14H23N3O. The van der Waals surface area contributed by atoms with Crippen LogP contribution < -0.4 is 10.2 Å². The van der Waals surface area contributed by atoms with Gasteiger partial charge in [0.2, 0.25) is 0 Å². The van der Waals surface area contributed by atoms with Gasteiger partial charge in [-0.1, -0.05) is 0 Å². The van der Waals surface area contributed by atoms with E-state index < -0.39 is 0 Å². The zero-order chi connectivity index (χ0) is 12.8. The van der Waals surface area contributed by atoms with Crippen molar-refractivity contribution in [3.8, 4) is 0 Å². The highest BCUT2D eigenvalue weighted by atomic mass is 16.5. The van der Waals surface area contributed by atoms with Crippen LogP contribution in [0.3, 0.4) is 0 Å². The largest absolute Gasteiger partial charge is 0.383 e. The summed E-state index contributed by atoms with van der Waals surface area (Å²) in [5, 5.41) is 3.54. The summed E-state index contributed by atoms with van der Waals surface area (Å²) < 4.78 is 5.06. The molecule has 1 N–H and O–H groups in total. The smallest absolute Gasteiger partial charge is 0.0587 e. The molecule has 1 aromatic heterocycles. The monoisotopic (exact) mass is 249 g/mol. The number of rotatable bonds is 5. The molecule has 1 aliphatic rings. The fourth-order valence-electron chi connectivity index (χ4n) is 2.43. The number of ether oxygens (including phenoxy) is 1.